The molecule has 0 fully saturated rings. The maximum Gasteiger partial charge on any atom is 0.340 e. The van der Waals surface area contributed by atoms with Gasteiger partial charge in [-0.2, -0.15) is 0 Å². The molecule has 0 unspecified atom stereocenters. The third-order valence-electron chi connectivity index (χ3n) is 2.65. The van der Waals surface area contributed by atoms with Gasteiger partial charge in [0, 0.05) is 6.20 Å². The van der Waals surface area contributed by atoms with E-state index in [9.17, 15) is 4.79 Å². The van der Waals surface area contributed by atoms with E-state index in [2.05, 4.69) is 9.72 Å². The predicted octanol–water partition coefficient (Wildman–Crippen LogP) is 1.73. The lowest BCUT2D eigenvalue weighted by atomic mass is 10.2. The van der Waals surface area contributed by atoms with Crippen molar-refractivity contribution in [1.29, 1.82) is 0 Å². The van der Waals surface area contributed by atoms with Crippen molar-refractivity contribution in [2.45, 2.75) is 6.61 Å². The number of pyridine rings is 1. The summed E-state index contributed by atoms with van der Waals surface area (Å²) in [6.45, 7) is -0.0949. The summed E-state index contributed by atoms with van der Waals surface area (Å²) in [5.41, 5.74) is 6.84. The molecular weight excluding hydrogens is 260 g/mol. The van der Waals surface area contributed by atoms with Crippen molar-refractivity contribution in [1.82, 2.24) is 4.98 Å². The zero-order valence-corrected chi connectivity index (χ0v) is 10.9. The molecule has 0 bridgehead atoms. The van der Waals surface area contributed by atoms with Crippen LogP contribution in [0.5, 0.6) is 11.6 Å². The Hall–Kier alpha value is -2.60. The molecule has 0 amide bonds. The van der Waals surface area contributed by atoms with Gasteiger partial charge >= 0.3 is 5.97 Å². The minimum Gasteiger partial charge on any atom is -0.465 e. The highest BCUT2D eigenvalue weighted by atomic mass is 16.5. The van der Waals surface area contributed by atoms with Crippen molar-refractivity contribution in [3.05, 3.63) is 47.7 Å². The van der Waals surface area contributed by atoms with Crippen LogP contribution in [0, 0.1) is 0 Å². The molecule has 1 aromatic carbocycles. The van der Waals surface area contributed by atoms with Crippen molar-refractivity contribution in [3.63, 3.8) is 0 Å². The summed E-state index contributed by atoms with van der Waals surface area (Å²) in [5, 5.41) is 9.07. The van der Waals surface area contributed by atoms with E-state index in [-0.39, 0.29) is 23.7 Å². The van der Waals surface area contributed by atoms with Gasteiger partial charge in [-0.3, -0.25) is 0 Å². The van der Waals surface area contributed by atoms with E-state index in [1.807, 2.05) is 0 Å². The number of benzene rings is 1. The smallest absolute Gasteiger partial charge is 0.340 e. The van der Waals surface area contributed by atoms with E-state index in [1.54, 1.807) is 24.3 Å². The minimum atomic E-state index is -0.557. The van der Waals surface area contributed by atoms with Crippen LogP contribution in [0.2, 0.25) is 0 Å². The van der Waals surface area contributed by atoms with Crippen LogP contribution in [0.15, 0.2) is 36.5 Å². The molecule has 3 N–H and O–H groups in total. The Kier molecular flexibility index (Phi) is 4.17. The molecule has 1 aromatic heterocycles. The molecule has 20 heavy (non-hydrogen) atoms. The number of ether oxygens (including phenoxy) is 2. The lowest BCUT2D eigenvalue weighted by Crippen LogP contribution is -2.07. The van der Waals surface area contributed by atoms with Crippen molar-refractivity contribution in [3.8, 4) is 11.6 Å². The number of esters is 1. The molecule has 1 heterocycles. The number of carbonyl (C=O) groups is 1. The van der Waals surface area contributed by atoms with E-state index in [0.717, 1.165) is 0 Å². The maximum absolute atomic E-state index is 11.5. The molecule has 104 valence electrons. The number of anilines is 1. The minimum absolute atomic E-state index is 0.0949. The molecule has 0 aliphatic heterocycles. The summed E-state index contributed by atoms with van der Waals surface area (Å²) in [7, 11) is 1.27. The van der Waals surface area contributed by atoms with Gasteiger partial charge in [0.05, 0.1) is 19.3 Å². The van der Waals surface area contributed by atoms with Crippen LogP contribution in [-0.4, -0.2) is 23.2 Å². The summed E-state index contributed by atoms with van der Waals surface area (Å²) in [5.74, 6) is 0.0274. The molecule has 0 aliphatic rings. The number of aliphatic hydroxyl groups excluding tert-OH is 1. The number of aromatic nitrogens is 1. The lowest BCUT2D eigenvalue weighted by molar-refractivity contribution is 0.0601. The quantitative estimate of drug-likeness (QED) is 0.824. The molecular formula is C14H14N2O4. The largest absolute Gasteiger partial charge is 0.465 e. The van der Waals surface area contributed by atoms with Gasteiger partial charge in [-0.1, -0.05) is 12.1 Å². The molecule has 0 atom stereocenters. The van der Waals surface area contributed by atoms with Crippen molar-refractivity contribution in [2.24, 2.45) is 0 Å². The van der Waals surface area contributed by atoms with E-state index in [4.69, 9.17) is 15.6 Å². The fourth-order valence-electron chi connectivity index (χ4n) is 1.64. The van der Waals surface area contributed by atoms with Gasteiger partial charge in [0.15, 0.2) is 0 Å². The second kappa shape index (κ2) is 6.03. The van der Waals surface area contributed by atoms with E-state index in [0.29, 0.717) is 11.3 Å². The SMILES string of the molecule is COC(=O)c1ccnc(Oc2cccc(CO)c2)c1N. The molecule has 0 radical (unpaired) electrons. The molecule has 2 rings (SSSR count). The Morgan fingerprint density at radius 1 is 1.40 bits per heavy atom. The number of rotatable bonds is 4. The molecule has 6 heteroatoms. The van der Waals surface area contributed by atoms with E-state index < -0.39 is 5.97 Å². The highest BCUT2D eigenvalue weighted by molar-refractivity contribution is 5.96. The number of nitrogen functional groups attached to an aromatic ring is 1. The Labute approximate surface area is 115 Å². The fraction of sp³-hybridized carbons (Fsp3) is 0.143. The van der Waals surface area contributed by atoms with Gasteiger partial charge in [0.25, 0.3) is 0 Å². The number of hydrogen-bond acceptors (Lipinski definition) is 6. The first-order valence-corrected chi connectivity index (χ1v) is 5.86. The molecule has 2 aromatic rings. The summed E-state index contributed by atoms with van der Waals surface area (Å²) in [4.78, 5) is 15.5. The fourth-order valence-corrected chi connectivity index (χ4v) is 1.64. The Morgan fingerprint density at radius 2 is 2.20 bits per heavy atom. The van der Waals surface area contributed by atoms with Crippen LogP contribution in [0.3, 0.4) is 0 Å². The molecule has 0 spiro atoms. The van der Waals surface area contributed by atoms with E-state index >= 15 is 0 Å². The zero-order chi connectivity index (χ0) is 14.5. The zero-order valence-electron chi connectivity index (χ0n) is 10.9. The predicted molar refractivity (Wildman–Crippen MR) is 72.4 cm³/mol. The van der Waals surface area contributed by atoms with Gasteiger partial charge in [0.2, 0.25) is 5.88 Å². The Morgan fingerprint density at radius 3 is 2.90 bits per heavy atom. The number of nitrogens with zero attached hydrogens (tertiary/aromatic N) is 1. The number of hydrogen-bond donors (Lipinski definition) is 2. The van der Waals surface area contributed by atoms with Crippen molar-refractivity contribution in [2.75, 3.05) is 12.8 Å². The van der Waals surface area contributed by atoms with Crippen LogP contribution in [0.25, 0.3) is 0 Å². The van der Waals surface area contributed by atoms with Crippen LogP contribution in [0.1, 0.15) is 15.9 Å². The summed E-state index contributed by atoms with van der Waals surface area (Å²) < 4.78 is 10.2. The third kappa shape index (κ3) is 2.86. The standard InChI is InChI=1S/C14H14N2O4/c1-19-14(18)11-5-6-16-13(12(11)15)20-10-4-2-3-9(7-10)8-17/h2-7,17H,8,15H2,1H3. The van der Waals surface area contributed by atoms with Crippen molar-refractivity contribution < 1.29 is 19.4 Å². The van der Waals surface area contributed by atoms with Crippen LogP contribution >= 0.6 is 0 Å². The first kappa shape index (κ1) is 13.8. The Bertz CT molecular complexity index is 628. The maximum atomic E-state index is 11.5. The number of methoxy groups -OCH3 is 1. The number of nitrogens with two attached hydrogens (primary N) is 1. The first-order chi connectivity index (χ1) is 9.65. The van der Waals surface area contributed by atoms with Gasteiger partial charge in [-0.15, -0.1) is 0 Å². The van der Waals surface area contributed by atoms with Crippen LogP contribution in [-0.2, 0) is 11.3 Å². The number of carbonyl (C=O) groups excluding carboxylic acids is 1. The summed E-state index contributed by atoms with van der Waals surface area (Å²) >= 11 is 0. The average Bonchev–Trinajstić information content (AvgIpc) is 2.49. The third-order valence-corrected chi connectivity index (χ3v) is 2.65. The summed E-state index contributed by atoms with van der Waals surface area (Å²) in [6, 6.07) is 8.31. The number of aliphatic hydroxyl groups is 1. The first-order valence-electron chi connectivity index (χ1n) is 5.86. The second-order valence-corrected chi connectivity index (χ2v) is 3.98. The molecule has 0 aliphatic carbocycles. The summed E-state index contributed by atoms with van der Waals surface area (Å²) in [6.07, 6.45) is 1.41. The molecule has 0 saturated heterocycles. The molecule has 0 saturated carbocycles. The average molecular weight is 274 g/mol. The van der Waals surface area contributed by atoms with Crippen LogP contribution < -0.4 is 10.5 Å². The highest BCUT2D eigenvalue weighted by Gasteiger charge is 2.15. The normalized spacial score (nSPS) is 10.1. The molecule has 6 nitrogen and oxygen atoms in total. The monoisotopic (exact) mass is 274 g/mol. The second-order valence-electron chi connectivity index (χ2n) is 3.98. The van der Waals surface area contributed by atoms with Gasteiger partial charge in [-0.05, 0) is 23.8 Å². The topological polar surface area (TPSA) is 94.7 Å². The highest BCUT2D eigenvalue weighted by Crippen LogP contribution is 2.28. The lowest BCUT2D eigenvalue weighted by Gasteiger charge is -2.10. The van der Waals surface area contributed by atoms with E-state index in [1.165, 1.54) is 19.4 Å². The van der Waals surface area contributed by atoms with Gasteiger partial charge in [-0.25, -0.2) is 9.78 Å². The van der Waals surface area contributed by atoms with Gasteiger partial charge in [0.1, 0.15) is 11.4 Å². The van der Waals surface area contributed by atoms with Gasteiger partial charge < -0.3 is 20.3 Å². The van der Waals surface area contributed by atoms with Crippen molar-refractivity contribution >= 4 is 11.7 Å². The Balaban J connectivity index is 2.31. The van der Waals surface area contributed by atoms with Crippen LogP contribution in [0.4, 0.5) is 5.69 Å².